The van der Waals surface area contributed by atoms with Gasteiger partial charge in [0.05, 0.1) is 34.7 Å². The van der Waals surface area contributed by atoms with E-state index in [1.54, 1.807) is 81.4 Å². The van der Waals surface area contributed by atoms with E-state index in [0.717, 1.165) is 29.2 Å². The van der Waals surface area contributed by atoms with Gasteiger partial charge in [-0.05, 0) is 68.9 Å². The number of esters is 1. The monoisotopic (exact) mass is 770 g/mol. The summed E-state index contributed by atoms with van der Waals surface area (Å²) in [5, 5.41) is 0.0527. The van der Waals surface area contributed by atoms with Gasteiger partial charge in [-0.1, -0.05) is 57.6 Å². The molecule has 15 heteroatoms. The summed E-state index contributed by atoms with van der Waals surface area (Å²) in [6.45, 7) is 5.14. The number of rotatable bonds is 8. The Morgan fingerprint density at radius 1 is 1.10 bits per heavy atom. The zero-order valence-corrected chi connectivity index (χ0v) is 29.5. The Kier molecular flexibility index (Phi) is 9.69. The predicted molar refractivity (Wildman–Crippen MR) is 181 cm³/mol. The van der Waals surface area contributed by atoms with E-state index >= 15 is 0 Å². The average Bonchev–Trinajstić information content (AvgIpc) is 3.62. The van der Waals surface area contributed by atoms with Crippen molar-refractivity contribution in [3.63, 3.8) is 0 Å². The maximum absolute atomic E-state index is 14.1. The molecular formula is C34H26BrF3N4O5S2. The molecule has 0 saturated carbocycles. The molecule has 0 fully saturated rings. The Morgan fingerprint density at radius 3 is 2.55 bits per heavy atom. The van der Waals surface area contributed by atoms with Crippen molar-refractivity contribution in [2.24, 2.45) is 4.99 Å². The molecule has 252 valence electrons. The summed E-state index contributed by atoms with van der Waals surface area (Å²) >= 11 is 5.40. The van der Waals surface area contributed by atoms with Crippen LogP contribution in [0.1, 0.15) is 43.8 Å². The molecule has 0 aliphatic carbocycles. The molecule has 49 heavy (non-hydrogen) atoms. The molecule has 0 radical (unpaired) electrons. The molecule has 0 N–H and O–H groups in total. The lowest BCUT2D eigenvalue weighted by Crippen LogP contribution is -2.40. The van der Waals surface area contributed by atoms with Crippen molar-refractivity contribution in [2.75, 3.05) is 7.11 Å². The Labute approximate surface area is 294 Å². The largest absolute Gasteiger partial charge is 0.496 e. The van der Waals surface area contributed by atoms with E-state index in [1.807, 2.05) is 0 Å². The van der Waals surface area contributed by atoms with Crippen LogP contribution in [0.3, 0.4) is 0 Å². The van der Waals surface area contributed by atoms with Crippen LogP contribution in [0.15, 0.2) is 107 Å². The maximum Gasteiger partial charge on any atom is 0.433 e. The SMILES string of the molecule is COc1ccc(Br)cc1[C@H]1C(C(=O)OC(C)C)=C(C)N=c2s/c(=C\c3ccc(Sc4nc(-c5ccccc5)cc(C(F)(F)F)n4)o3)c(=O)n21. The fraction of sp³-hybridized carbons (Fsp3) is 0.206. The average molecular weight is 772 g/mol. The molecule has 0 amide bonds. The van der Waals surface area contributed by atoms with Crippen molar-refractivity contribution < 1.29 is 31.9 Å². The third-order valence-corrected chi connectivity index (χ3v) is 9.47. The van der Waals surface area contributed by atoms with Crippen molar-refractivity contribution in [2.45, 2.75) is 49.3 Å². The van der Waals surface area contributed by atoms with Gasteiger partial charge in [0.15, 0.2) is 15.1 Å². The molecule has 0 spiro atoms. The van der Waals surface area contributed by atoms with E-state index in [0.29, 0.717) is 31.8 Å². The Balaban J connectivity index is 1.40. The summed E-state index contributed by atoms with van der Waals surface area (Å²) in [4.78, 5) is 40.5. The summed E-state index contributed by atoms with van der Waals surface area (Å²) in [5.41, 5.74) is 0.207. The molecule has 6 rings (SSSR count). The van der Waals surface area contributed by atoms with E-state index in [-0.39, 0.29) is 31.8 Å². The third kappa shape index (κ3) is 7.28. The number of hydrogen-bond donors (Lipinski definition) is 0. The first-order valence-corrected chi connectivity index (χ1v) is 17.1. The number of ether oxygens (including phenoxy) is 2. The first-order valence-electron chi connectivity index (χ1n) is 14.7. The Morgan fingerprint density at radius 2 is 1.86 bits per heavy atom. The van der Waals surface area contributed by atoms with Gasteiger partial charge in [-0.2, -0.15) is 13.2 Å². The van der Waals surface area contributed by atoms with Gasteiger partial charge >= 0.3 is 12.1 Å². The highest BCUT2D eigenvalue weighted by atomic mass is 79.9. The lowest BCUT2D eigenvalue weighted by Gasteiger charge is -2.26. The molecule has 2 aromatic carbocycles. The van der Waals surface area contributed by atoms with Crippen LogP contribution in [0.4, 0.5) is 13.2 Å². The summed E-state index contributed by atoms with van der Waals surface area (Å²) in [6, 6.07) is 16.9. The summed E-state index contributed by atoms with van der Waals surface area (Å²) in [5.74, 6) is 0.0968. The second-order valence-electron chi connectivity index (χ2n) is 11.0. The van der Waals surface area contributed by atoms with E-state index in [9.17, 15) is 22.8 Å². The van der Waals surface area contributed by atoms with Crippen molar-refractivity contribution in [1.29, 1.82) is 0 Å². The van der Waals surface area contributed by atoms with Crippen LogP contribution in [-0.4, -0.2) is 33.7 Å². The smallest absolute Gasteiger partial charge is 0.433 e. The number of nitrogens with zero attached hydrogens (tertiary/aromatic N) is 4. The van der Waals surface area contributed by atoms with Gasteiger partial charge in [0, 0.05) is 21.7 Å². The Hall–Kier alpha value is -4.47. The number of furan rings is 1. The minimum atomic E-state index is -4.69. The second-order valence-corrected chi connectivity index (χ2v) is 13.9. The van der Waals surface area contributed by atoms with Crippen LogP contribution in [0.5, 0.6) is 5.75 Å². The molecule has 5 aromatic rings. The number of methoxy groups -OCH3 is 1. The number of hydrogen-bond acceptors (Lipinski definition) is 10. The van der Waals surface area contributed by atoms with Gasteiger partial charge in [-0.25, -0.2) is 19.8 Å². The molecule has 0 bridgehead atoms. The number of thiazole rings is 1. The number of allylic oxidation sites excluding steroid dienone is 1. The van der Waals surface area contributed by atoms with E-state index in [4.69, 9.17) is 13.9 Å². The molecule has 3 aromatic heterocycles. The van der Waals surface area contributed by atoms with Crippen molar-refractivity contribution in [3.8, 4) is 17.0 Å². The molecule has 4 heterocycles. The van der Waals surface area contributed by atoms with Gasteiger partial charge in [-0.3, -0.25) is 9.36 Å². The normalized spacial score (nSPS) is 15.0. The zero-order valence-electron chi connectivity index (χ0n) is 26.2. The van der Waals surface area contributed by atoms with Gasteiger partial charge in [0.1, 0.15) is 23.2 Å². The molecule has 0 saturated heterocycles. The topological polar surface area (TPSA) is 109 Å². The number of carbonyl (C=O) groups excluding carboxylic acids is 1. The van der Waals surface area contributed by atoms with Crippen LogP contribution in [0.25, 0.3) is 17.3 Å². The van der Waals surface area contributed by atoms with Gasteiger partial charge in [0.2, 0.25) is 0 Å². The van der Waals surface area contributed by atoms with E-state index < -0.39 is 35.5 Å². The van der Waals surface area contributed by atoms with Crippen LogP contribution in [0, 0.1) is 0 Å². The minimum Gasteiger partial charge on any atom is -0.496 e. The highest BCUT2D eigenvalue weighted by Gasteiger charge is 2.36. The van der Waals surface area contributed by atoms with Gasteiger partial charge < -0.3 is 13.9 Å². The number of alkyl halides is 3. The molecule has 1 aliphatic heterocycles. The number of halogens is 4. The standard InChI is InChI=1S/C34H26BrF3N4O5S2/c1-17(2)46-31(44)28-18(3)39-33-42(29(28)22-14-20(35)10-12-24(22)45-4)30(43)25(48-33)15-21-11-13-27(47-21)49-32-40-23(19-8-6-5-7-9-19)16-26(41-32)34(36,37)38/h5-17,29H,1-4H3/b25-15-/t29-/m0/s1. The number of fused-ring (bicyclic) bond motifs is 1. The van der Waals surface area contributed by atoms with Crippen LogP contribution in [-0.2, 0) is 15.7 Å². The van der Waals surface area contributed by atoms with Gasteiger partial charge in [0.25, 0.3) is 5.56 Å². The quantitative estimate of drug-likeness (QED) is 0.121. The first kappa shape index (κ1) is 34.4. The highest BCUT2D eigenvalue weighted by Crippen LogP contribution is 2.38. The predicted octanol–water partition coefficient (Wildman–Crippen LogP) is 7.18. The molecular weight excluding hydrogens is 745 g/mol. The molecule has 1 atom stereocenters. The Bertz CT molecular complexity index is 2280. The minimum absolute atomic E-state index is 0.113. The van der Waals surface area contributed by atoms with Crippen molar-refractivity contribution >= 4 is 51.1 Å². The fourth-order valence-corrected chi connectivity index (χ4v) is 7.28. The summed E-state index contributed by atoms with van der Waals surface area (Å²) in [7, 11) is 1.50. The highest BCUT2D eigenvalue weighted by molar-refractivity contribution is 9.10. The van der Waals surface area contributed by atoms with Crippen molar-refractivity contribution in [3.05, 3.63) is 119 Å². The number of benzene rings is 2. The van der Waals surface area contributed by atoms with E-state index in [2.05, 4.69) is 30.9 Å². The third-order valence-electron chi connectivity index (χ3n) is 7.20. The van der Waals surface area contributed by atoms with Crippen molar-refractivity contribution in [1.82, 2.24) is 14.5 Å². The molecule has 9 nitrogen and oxygen atoms in total. The van der Waals surface area contributed by atoms with Crippen LogP contribution >= 0.6 is 39.0 Å². The van der Waals surface area contributed by atoms with Gasteiger partial charge in [-0.15, -0.1) is 0 Å². The first-order chi connectivity index (χ1) is 23.3. The van der Waals surface area contributed by atoms with Crippen LogP contribution < -0.4 is 19.6 Å². The lowest BCUT2D eigenvalue weighted by molar-refractivity contribution is -0.143. The maximum atomic E-state index is 14.1. The van der Waals surface area contributed by atoms with Crippen LogP contribution in [0.2, 0.25) is 0 Å². The summed E-state index contributed by atoms with van der Waals surface area (Å²) in [6.07, 6.45) is -3.59. The lowest BCUT2D eigenvalue weighted by atomic mass is 9.95. The summed E-state index contributed by atoms with van der Waals surface area (Å²) < 4.78 is 60.6. The van der Waals surface area contributed by atoms with E-state index in [1.165, 1.54) is 17.8 Å². The number of aromatic nitrogens is 3. The molecule has 0 unspecified atom stereocenters. The zero-order chi connectivity index (χ0) is 35.0. The molecule has 1 aliphatic rings. The fourth-order valence-electron chi connectivity index (χ4n) is 5.13. The number of carbonyl (C=O) groups is 1. The second kappa shape index (κ2) is 13.8.